The maximum atomic E-state index is 12.4. The normalized spacial score (nSPS) is 23.4. The second-order valence-electron chi connectivity index (χ2n) is 5.46. The number of nitrogens with zero attached hydrogens (tertiary/aromatic N) is 1. The lowest BCUT2D eigenvalue weighted by Gasteiger charge is -2.22. The lowest BCUT2D eigenvalue weighted by molar-refractivity contribution is 0.0777. The summed E-state index contributed by atoms with van der Waals surface area (Å²) in [5.41, 5.74) is 7.70. The second-order valence-corrected chi connectivity index (χ2v) is 6.31. The van der Waals surface area contributed by atoms with Crippen molar-refractivity contribution >= 4 is 21.8 Å². The van der Waals surface area contributed by atoms with E-state index in [0.717, 1.165) is 35.1 Å². The Balaban J connectivity index is 2.15. The minimum atomic E-state index is 0.0834. The maximum Gasteiger partial charge on any atom is 0.253 e. The molecule has 1 atom stereocenters. The average molecular weight is 311 g/mol. The van der Waals surface area contributed by atoms with Crippen molar-refractivity contribution in [3.8, 4) is 0 Å². The Morgan fingerprint density at radius 2 is 2.28 bits per heavy atom. The van der Waals surface area contributed by atoms with Crippen LogP contribution in [0.1, 0.15) is 29.3 Å². The number of hydrogen-bond donors (Lipinski definition) is 1. The van der Waals surface area contributed by atoms with Crippen molar-refractivity contribution in [1.29, 1.82) is 0 Å². The molecule has 1 heterocycles. The van der Waals surface area contributed by atoms with Crippen LogP contribution in [0.4, 0.5) is 0 Å². The fourth-order valence-electron chi connectivity index (χ4n) is 2.32. The van der Waals surface area contributed by atoms with Crippen LogP contribution in [0.3, 0.4) is 0 Å². The molecule has 1 fully saturated rings. The summed E-state index contributed by atoms with van der Waals surface area (Å²) >= 11 is 3.45. The van der Waals surface area contributed by atoms with Gasteiger partial charge in [-0.2, -0.15) is 0 Å². The zero-order chi connectivity index (χ0) is 13.3. The molecule has 3 nitrogen and oxygen atoms in total. The van der Waals surface area contributed by atoms with E-state index < -0.39 is 0 Å². The summed E-state index contributed by atoms with van der Waals surface area (Å²) in [4.78, 5) is 14.3. The highest BCUT2D eigenvalue weighted by atomic mass is 79.9. The molecule has 1 unspecified atom stereocenters. The van der Waals surface area contributed by atoms with Gasteiger partial charge in [0.25, 0.3) is 5.91 Å². The highest BCUT2D eigenvalue weighted by molar-refractivity contribution is 9.10. The molecule has 1 saturated heterocycles. The van der Waals surface area contributed by atoms with Crippen LogP contribution in [0.2, 0.25) is 0 Å². The molecule has 0 aliphatic carbocycles. The summed E-state index contributed by atoms with van der Waals surface area (Å²) in [6.07, 6.45) is 0.991. The highest BCUT2D eigenvalue weighted by Crippen LogP contribution is 2.29. The first-order valence-corrected chi connectivity index (χ1v) is 7.00. The predicted octanol–water partition coefficient (Wildman–Crippen LogP) is 2.57. The quantitative estimate of drug-likeness (QED) is 0.912. The van der Waals surface area contributed by atoms with Gasteiger partial charge in [-0.1, -0.05) is 22.9 Å². The van der Waals surface area contributed by atoms with Gasteiger partial charge in [0, 0.05) is 23.1 Å². The van der Waals surface area contributed by atoms with E-state index in [1.165, 1.54) is 0 Å². The van der Waals surface area contributed by atoms with Crippen LogP contribution in [0.15, 0.2) is 22.7 Å². The maximum absolute atomic E-state index is 12.4. The van der Waals surface area contributed by atoms with Crippen molar-refractivity contribution in [1.82, 2.24) is 4.90 Å². The number of aryl methyl sites for hydroxylation is 1. The third-order valence-corrected chi connectivity index (χ3v) is 4.63. The molecule has 0 aromatic heterocycles. The van der Waals surface area contributed by atoms with Crippen LogP contribution in [-0.4, -0.2) is 30.4 Å². The van der Waals surface area contributed by atoms with Crippen molar-refractivity contribution in [2.75, 3.05) is 19.6 Å². The van der Waals surface area contributed by atoms with Gasteiger partial charge in [0.05, 0.1) is 0 Å². The van der Waals surface area contributed by atoms with E-state index in [9.17, 15) is 4.79 Å². The van der Waals surface area contributed by atoms with Gasteiger partial charge in [-0.05, 0) is 49.1 Å². The van der Waals surface area contributed by atoms with Crippen LogP contribution >= 0.6 is 15.9 Å². The van der Waals surface area contributed by atoms with E-state index in [-0.39, 0.29) is 11.3 Å². The number of hydrogen-bond acceptors (Lipinski definition) is 2. The number of rotatable bonds is 2. The van der Waals surface area contributed by atoms with Crippen LogP contribution < -0.4 is 5.73 Å². The van der Waals surface area contributed by atoms with E-state index in [1.54, 1.807) is 0 Å². The number of nitrogens with two attached hydrogens (primary N) is 1. The SMILES string of the molecule is Cc1cc(C(=O)N2CCC(C)(CN)C2)ccc1Br. The molecule has 1 aromatic rings. The first kappa shape index (κ1) is 13.6. The fraction of sp³-hybridized carbons (Fsp3) is 0.500. The minimum absolute atomic E-state index is 0.0834. The summed E-state index contributed by atoms with van der Waals surface area (Å²) < 4.78 is 1.03. The summed E-state index contributed by atoms with van der Waals surface area (Å²) in [5, 5.41) is 0. The summed E-state index contributed by atoms with van der Waals surface area (Å²) in [5.74, 6) is 0.114. The Morgan fingerprint density at radius 1 is 1.56 bits per heavy atom. The van der Waals surface area contributed by atoms with Crippen molar-refractivity contribution in [3.05, 3.63) is 33.8 Å². The molecule has 1 aromatic carbocycles. The molecule has 98 valence electrons. The predicted molar refractivity (Wildman–Crippen MR) is 76.6 cm³/mol. The van der Waals surface area contributed by atoms with Crippen molar-refractivity contribution < 1.29 is 4.79 Å². The van der Waals surface area contributed by atoms with E-state index in [4.69, 9.17) is 5.73 Å². The van der Waals surface area contributed by atoms with Crippen LogP contribution in [0, 0.1) is 12.3 Å². The molecule has 0 spiro atoms. The van der Waals surface area contributed by atoms with Gasteiger partial charge in [0.1, 0.15) is 0 Å². The van der Waals surface area contributed by atoms with Gasteiger partial charge in [-0.25, -0.2) is 0 Å². The zero-order valence-corrected chi connectivity index (χ0v) is 12.5. The fourth-order valence-corrected chi connectivity index (χ4v) is 2.57. The number of carbonyl (C=O) groups excluding carboxylic acids is 1. The average Bonchev–Trinajstić information content (AvgIpc) is 2.75. The molecule has 0 saturated carbocycles. The van der Waals surface area contributed by atoms with E-state index in [2.05, 4.69) is 22.9 Å². The number of benzene rings is 1. The van der Waals surface area contributed by atoms with Crippen molar-refractivity contribution in [2.45, 2.75) is 20.3 Å². The molecule has 1 amide bonds. The van der Waals surface area contributed by atoms with Gasteiger partial charge in [-0.3, -0.25) is 4.79 Å². The van der Waals surface area contributed by atoms with Gasteiger partial charge < -0.3 is 10.6 Å². The summed E-state index contributed by atoms with van der Waals surface area (Å²) in [6.45, 7) is 6.34. The van der Waals surface area contributed by atoms with E-state index >= 15 is 0 Å². The minimum Gasteiger partial charge on any atom is -0.338 e. The lowest BCUT2D eigenvalue weighted by Crippen LogP contribution is -2.34. The third-order valence-electron chi connectivity index (χ3n) is 3.74. The summed E-state index contributed by atoms with van der Waals surface area (Å²) in [6, 6.07) is 5.74. The highest BCUT2D eigenvalue weighted by Gasteiger charge is 2.35. The molecule has 4 heteroatoms. The van der Waals surface area contributed by atoms with Crippen molar-refractivity contribution in [3.63, 3.8) is 0 Å². The third kappa shape index (κ3) is 2.59. The first-order valence-electron chi connectivity index (χ1n) is 6.21. The number of carbonyl (C=O) groups is 1. The standard InChI is InChI=1S/C14H19BrN2O/c1-10-7-11(3-4-12(10)15)13(18)17-6-5-14(2,8-16)9-17/h3-4,7H,5-6,8-9,16H2,1-2H3. The van der Waals surface area contributed by atoms with E-state index in [0.29, 0.717) is 6.54 Å². The molecule has 1 aliphatic heterocycles. The molecule has 2 rings (SSSR count). The van der Waals surface area contributed by atoms with Crippen LogP contribution in [0.25, 0.3) is 0 Å². The number of halogens is 1. The molecular formula is C14H19BrN2O. The topological polar surface area (TPSA) is 46.3 Å². The molecule has 1 aliphatic rings. The molecular weight excluding hydrogens is 292 g/mol. The van der Waals surface area contributed by atoms with Gasteiger partial charge in [0.2, 0.25) is 0 Å². The zero-order valence-electron chi connectivity index (χ0n) is 10.9. The van der Waals surface area contributed by atoms with Gasteiger partial charge in [-0.15, -0.1) is 0 Å². The van der Waals surface area contributed by atoms with Crippen molar-refractivity contribution in [2.24, 2.45) is 11.1 Å². The Kier molecular flexibility index (Phi) is 3.78. The van der Waals surface area contributed by atoms with Crippen LogP contribution in [-0.2, 0) is 0 Å². The van der Waals surface area contributed by atoms with Gasteiger partial charge in [0.15, 0.2) is 0 Å². The van der Waals surface area contributed by atoms with Gasteiger partial charge >= 0.3 is 0 Å². The first-order chi connectivity index (χ1) is 8.45. The summed E-state index contributed by atoms with van der Waals surface area (Å²) in [7, 11) is 0. The Bertz CT molecular complexity index is 475. The number of likely N-dealkylation sites (tertiary alicyclic amines) is 1. The monoisotopic (exact) mass is 310 g/mol. The molecule has 0 radical (unpaired) electrons. The largest absolute Gasteiger partial charge is 0.338 e. The second kappa shape index (κ2) is 5.02. The smallest absolute Gasteiger partial charge is 0.253 e. The Morgan fingerprint density at radius 3 is 2.83 bits per heavy atom. The Labute approximate surface area is 116 Å². The Hall–Kier alpha value is -0.870. The molecule has 18 heavy (non-hydrogen) atoms. The van der Waals surface area contributed by atoms with E-state index in [1.807, 2.05) is 30.0 Å². The van der Waals surface area contributed by atoms with Crippen LogP contribution in [0.5, 0.6) is 0 Å². The molecule has 0 bridgehead atoms. The lowest BCUT2D eigenvalue weighted by atomic mass is 9.90. The number of amides is 1. The molecule has 2 N–H and O–H groups in total.